The summed E-state index contributed by atoms with van der Waals surface area (Å²) >= 11 is 0. The molecule has 0 aromatic rings. The Balaban J connectivity index is 2.00. The van der Waals surface area contributed by atoms with Gasteiger partial charge in [0.15, 0.2) is 0 Å². The van der Waals surface area contributed by atoms with Crippen LogP contribution in [0.3, 0.4) is 0 Å². The largest absolute Gasteiger partial charge is 0.481 e. The van der Waals surface area contributed by atoms with Gasteiger partial charge in [0.25, 0.3) is 0 Å². The molecule has 1 atom stereocenters. The normalized spacial score (nSPS) is 26.5. The number of aliphatic carboxylic acids is 1. The molecule has 1 saturated carbocycles. The van der Waals surface area contributed by atoms with Gasteiger partial charge in [-0.25, -0.2) is 0 Å². The van der Waals surface area contributed by atoms with E-state index >= 15 is 0 Å². The fourth-order valence-electron chi connectivity index (χ4n) is 3.66. The minimum Gasteiger partial charge on any atom is -0.481 e. The van der Waals surface area contributed by atoms with Crippen molar-refractivity contribution in [3.63, 3.8) is 0 Å². The van der Waals surface area contributed by atoms with E-state index in [9.17, 15) is 14.7 Å². The first kappa shape index (κ1) is 15.4. The van der Waals surface area contributed by atoms with Crippen LogP contribution in [0.1, 0.15) is 39.0 Å². The van der Waals surface area contributed by atoms with Crippen molar-refractivity contribution in [1.29, 1.82) is 0 Å². The van der Waals surface area contributed by atoms with E-state index in [1.165, 1.54) is 0 Å². The van der Waals surface area contributed by atoms with Crippen LogP contribution in [-0.2, 0) is 14.3 Å². The van der Waals surface area contributed by atoms with Gasteiger partial charge in [-0.3, -0.25) is 9.69 Å². The molecule has 0 spiro atoms. The second-order valence-electron chi connectivity index (χ2n) is 6.44. The lowest BCUT2D eigenvalue weighted by molar-refractivity contribution is -0.162. The Morgan fingerprint density at radius 2 is 1.95 bits per heavy atom. The molecule has 5 heteroatoms. The smallest absolute Gasteiger partial charge is 0.311 e. The molecule has 0 radical (unpaired) electrons. The summed E-state index contributed by atoms with van der Waals surface area (Å²) in [5, 5.41) is 9.52. The third kappa shape index (κ3) is 2.49. The van der Waals surface area contributed by atoms with Crippen LogP contribution in [0.25, 0.3) is 0 Å². The predicted molar refractivity (Wildman–Crippen MR) is 74.6 cm³/mol. The standard InChI is InChI=1S/C15H25NO4/c1-12(15(13(18)19)4-3-5-15)16-8-6-14(10-17,7-9-16)11-20-2/h10,12H,3-9,11H2,1-2H3,(H,18,19). The molecule has 1 unspecified atom stereocenters. The van der Waals surface area contributed by atoms with Gasteiger partial charge in [0, 0.05) is 13.2 Å². The van der Waals surface area contributed by atoms with E-state index in [2.05, 4.69) is 4.90 Å². The van der Waals surface area contributed by atoms with Gasteiger partial charge >= 0.3 is 5.97 Å². The fourth-order valence-corrected chi connectivity index (χ4v) is 3.66. The van der Waals surface area contributed by atoms with Gasteiger partial charge in [-0.15, -0.1) is 0 Å². The Kier molecular flexibility index (Phi) is 4.49. The first-order valence-corrected chi connectivity index (χ1v) is 7.42. The van der Waals surface area contributed by atoms with E-state index in [4.69, 9.17) is 4.74 Å². The number of nitrogens with zero attached hydrogens (tertiary/aromatic N) is 1. The van der Waals surface area contributed by atoms with Gasteiger partial charge in [0.1, 0.15) is 6.29 Å². The number of hydrogen-bond acceptors (Lipinski definition) is 4. The van der Waals surface area contributed by atoms with Crippen LogP contribution in [0.2, 0.25) is 0 Å². The van der Waals surface area contributed by atoms with Crippen molar-refractivity contribution in [1.82, 2.24) is 4.90 Å². The lowest BCUT2D eigenvalue weighted by Gasteiger charge is -2.50. The summed E-state index contributed by atoms with van der Waals surface area (Å²) in [5.41, 5.74) is -0.941. The SMILES string of the molecule is COCC1(C=O)CCN(C(C)C2(C(=O)O)CCC2)CC1. The van der Waals surface area contributed by atoms with Gasteiger partial charge < -0.3 is 14.6 Å². The summed E-state index contributed by atoms with van der Waals surface area (Å²) in [4.78, 5) is 25.1. The van der Waals surface area contributed by atoms with E-state index in [-0.39, 0.29) is 11.5 Å². The molecule has 1 heterocycles. The Hall–Kier alpha value is -0.940. The second-order valence-corrected chi connectivity index (χ2v) is 6.44. The zero-order valence-electron chi connectivity index (χ0n) is 12.4. The van der Waals surface area contributed by atoms with E-state index in [1.54, 1.807) is 7.11 Å². The monoisotopic (exact) mass is 283 g/mol. The molecule has 0 amide bonds. The number of piperidine rings is 1. The molecule has 1 saturated heterocycles. The zero-order chi connectivity index (χ0) is 14.8. The fraction of sp³-hybridized carbons (Fsp3) is 0.867. The Bertz CT molecular complexity index is 370. The molecule has 114 valence electrons. The summed E-state index contributed by atoms with van der Waals surface area (Å²) in [6.45, 7) is 4.04. The first-order valence-electron chi connectivity index (χ1n) is 7.42. The number of rotatable bonds is 6. The number of likely N-dealkylation sites (tertiary alicyclic amines) is 1. The molecule has 5 nitrogen and oxygen atoms in total. The summed E-state index contributed by atoms with van der Waals surface area (Å²) in [6, 6.07) is 0.0425. The van der Waals surface area contributed by atoms with Crippen molar-refractivity contribution in [2.75, 3.05) is 26.8 Å². The molecule has 1 aliphatic heterocycles. The first-order chi connectivity index (χ1) is 9.49. The highest BCUT2D eigenvalue weighted by Crippen LogP contribution is 2.47. The van der Waals surface area contributed by atoms with Crippen molar-refractivity contribution < 1.29 is 19.4 Å². The summed E-state index contributed by atoms with van der Waals surface area (Å²) in [6.07, 6.45) is 5.09. The molecule has 1 N–H and O–H groups in total. The highest BCUT2D eigenvalue weighted by molar-refractivity contribution is 5.76. The van der Waals surface area contributed by atoms with Gasteiger partial charge in [0.05, 0.1) is 17.4 Å². The lowest BCUT2D eigenvalue weighted by atomic mass is 9.63. The average Bonchev–Trinajstić information content (AvgIpc) is 2.38. The number of carbonyl (C=O) groups is 2. The Morgan fingerprint density at radius 3 is 2.30 bits per heavy atom. The number of hydrogen-bond donors (Lipinski definition) is 1. The maximum atomic E-state index is 11.6. The highest BCUT2D eigenvalue weighted by atomic mass is 16.5. The molecule has 1 aliphatic carbocycles. The summed E-state index contributed by atoms with van der Waals surface area (Å²) in [5.74, 6) is -0.666. The van der Waals surface area contributed by atoms with Crippen LogP contribution >= 0.6 is 0 Å². The molecule has 20 heavy (non-hydrogen) atoms. The number of carboxylic acid groups (broad SMARTS) is 1. The summed E-state index contributed by atoms with van der Waals surface area (Å²) in [7, 11) is 1.62. The molecular formula is C15H25NO4. The number of ether oxygens (including phenoxy) is 1. The highest BCUT2D eigenvalue weighted by Gasteiger charge is 2.51. The lowest BCUT2D eigenvalue weighted by Crippen LogP contribution is -2.57. The summed E-state index contributed by atoms with van der Waals surface area (Å²) < 4.78 is 5.17. The third-order valence-electron chi connectivity index (χ3n) is 5.49. The van der Waals surface area contributed by atoms with E-state index in [0.717, 1.165) is 51.5 Å². The van der Waals surface area contributed by atoms with Crippen molar-refractivity contribution >= 4 is 12.3 Å². The Labute approximate surface area is 120 Å². The minimum atomic E-state index is -0.666. The van der Waals surface area contributed by atoms with Crippen LogP contribution in [0.4, 0.5) is 0 Å². The van der Waals surface area contributed by atoms with Crippen LogP contribution in [0.5, 0.6) is 0 Å². The van der Waals surface area contributed by atoms with Gasteiger partial charge in [0.2, 0.25) is 0 Å². The van der Waals surface area contributed by atoms with Crippen LogP contribution in [0.15, 0.2) is 0 Å². The van der Waals surface area contributed by atoms with Gasteiger partial charge in [-0.1, -0.05) is 6.42 Å². The Morgan fingerprint density at radius 1 is 1.35 bits per heavy atom. The maximum Gasteiger partial charge on any atom is 0.311 e. The van der Waals surface area contributed by atoms with E-state index in [1.807, 2.05) is 6.92 Å². The van der Waals surface area contributed by atoms with E-state index in [0.29, 0.717) is 6.61 Å². The number of carbonyl (C=O) groups excluding carboxylic acids is 1. The van der Waals surface area contributed by atoms with Crippen molar-refractivity contribution in [2.24, 2.45) is 10.8 Å². The molecule has 0 aromatic heterocycles. The molecular weight excluding hydrogens is 258 g/mol. The minimum absolute atomic E-state index is 0.0425. The number of carboxylic acids is 1. The van der Waals surface area contributed by atoms with Crippen LogP contribution in [0, 0.1) is 10.8 Å². The zero-order valence-corrected chi connectivity index (χ0v) is 12.4. The van der Waals surface area contributed by atoms with Crippen molar-refractivity contribution in [3.8, 4) is 0 Å². The van der Waals surface area contributed by atoms with Crippen LogP contribution in [-0.4, -0.2) is 55.1 Å². The quantitative estimate of drug-likeness (QED) is 0.749. The molecule has 2 rings (SSSR count). The average molecular weight is 283 g/mol. The van der Waals surface area contributed by atoms with Gasteiger partial charge in [-0.05, 0) is 45.7 Å². The molecule has 2 aliphatic rings. The van der Waals surface area contributed by atoms with Gasteiger partial charge in [-0.2, -0.15) is 0 Å². The molecule has 2 fully saturated rings. The van der Waals surface area contributed by atoms with E-state index < -0.39 is 11.4 Å². The van der Waals surface area contributed by atoms with Crippen molar-refractivity contribution in [2.45, 2.75) is 45.1 Å². The molecule has 0 bridgehead atoms. The maximum absolute atomic E-state index is 11.6. The van der Waals surface area contributed by atoms with Crippen molar-refractivity contribution in [3.05, 3.63) is 0 Å². The molecule has 0 aromatic carbocycles. The topological polar surface area (TPSA) is 66.8 Å². The predicted octanol–water partition coefficient (Wildman–Crippen LogP) is 1.56. The number of methoxy groups -OCH3 is 1. The second kappa shape index (κ2) is 5.82. The third-order valence-corrected chi connectivity index (χ3v) is 5.49. The van der Waals surface area contributed by atoms with Crippen LogP contribution < -0.4 is 0 Å². The number of aldehydes is 1.